The van der Waals surface area contributed by atoms with Crippen LogP contribution in [0.1, 0.15) is 5.56 Å². The van der Waals surface area contributed by atoms with Crippen molar-refractivity contribution in [3.05, 3.63) is 64.5 Å². The van der Waals surface area contributed by atoms with Crippen LogP contribution >= 0.6 is 34.7 Å². The van der Waals surface area contributed by atoms with Crippen molar-refractivity contribution in [3.8, 4) is 17.0 Å². The van der Waals surface area contributed by atoms with Crippen molar-refractivity contribution >= 4 is 46.8 Å². The number of carbonyl (C=O) groups excluding carboxylic acids is 1. The number of halogens is 1. The summed E-state index contributed by atoms with van der Waals surface area (Å²) in [5.74, 6) is 0.829. The van der Waals surface area contributed by atoms with Crippen LogP contribution in [-0.4, -0.2) is 30.0 Å². The molecule has 0 aliphatic rings. The largest absolute Gasteiger partial charge is 0.497 e. The molecule has 0 radical (unpaired) electrons. The molecule has 0 fully saturated rings. The molecule has 1 aromatic heterocycles. The molecular weight excluding hydrogens is 402 g/mol. The summed E-state index contributed by atoms with van der Waals surface area (Å²) >= 11 is 8.78. The van der Waals surface area contributed by atoms with Gasteiger partial charge in [0.1, 0.15) is 5.75 Å². The van der Waals surface area contributed by atoms with E-state index >= 15 is 0 Å². The molecule has 0 saturated carbocycles. The number of nitrogens with one attached hydrogen (secondary N) is 1. The second-order valence-electron chi connectivity index (χ2n) is 5.36. The molecule has 138 valence electrons. The van der Waals surface area contributed by atoms with Gasteiger partial charge in [-0.2, -0.15) is 5.10 Å². The zero-order chi connectivity index (χ0) is 19.1. The van der Waals surface area contributed by atoms with Gasteiger partial charge in [-0.1, -0.05) is 35.5 Å². The van der Waals surface area contributed by atoms with Gasteiger partial charge in [-0.25, -0.2) is 10.4 Å². The third kappa shape index (κ3) is 5.82. The second kappa shape index (κ2) is 9.55. The molecule has 1 amide bonds. The highest BCUT2D eigenvalue weighted by Gasteiger charge is 2.07. The summed E-state index contributed by atoms with van der Waals surface area (Å²) in [6.45, 7) is 0. The first-order valence-electron chi connectivity index (χ1n) is 7.94. The summed E-state index contributed by atoms with van der Waals surface area (Å²) in [6.07, 6.45) is 1.59. The lowest BCUT2D eigenvalue weighted by Crippen LogP contribution is -2.19. The smallest absolute Gasteiger partial charge is 0.250 e. The first-order valence-corrected chi connectivity index (χ1v) is 10.2. The standard InChI is InChI=1S/C19H16ClN3O2S2/c1-25-16-8-2-13(3-9-16)10-21-23-18(24)12-27-19-22-17(11-26-19)14-4-6-15(20)7-5-14/h2-11H,12H2,1H3,(H,23,24)/b21-10+. The fraction of sp³-hybridized carbons (Fsp3) is 0.105. The minimum atomic E-state index is -0.187. The molecule has 3 rings (SSSR count). The molecule has 0 aliphatic carbocycles. The number of aromatic nitrogens is 1. The van der Waals surface area contributed by atoms with Crippen LogP contribution in [0.2, 0.25) is 5.02 Å². The quantitative estimate of drug-likeness (QED) is 0.343. The minimum absolute atomic E-state index is 0.187. The molecule has 3 aromatic rings. The maximum absolute atomic E-state index is 11.9. The molecule has 5 nitrogen and oxygen atoms in total. The Balaban J connectivity index is 1.47. The van der Waals surface area contributed by atoms with E-state index in [0.29, 0.717) is 5.02 Å². The van der Waals surface area contributed by atoms with Gasteiger partial charge in [-0.05, 0) is 42.0 Å². The van der Waals surface area contributed by atoms with Crippen LogP contribution in [0.5, 0.6) is 5.75 Å². The van der Waals surface area contributed by atoms with Crippen molar-refractivity contribution in [2.24, 2.45) is 5.10 Å². The van der Waals surface area contributed by atoms with Gasteiger partial charge in [0.25, 0.3) is 5.91 Å². The molecular formula is C19H16ClN3O2S2. The maximum Gasteiger partial charge on any atom is 0.250 e. The predicted molar refractivity (Wildman–Crippen MR) is 112 cm³/mol. The molecule has 0 atom stereocenters. The molecule has 0 spiro atoms. The molecule has 0 unspecified atom stereocenters. The van der Waals surface area contributed by atoms with E-state index in [0.717, 1.165) is 26.9 Å². The average Bonchev–Trinajstić information content (AvgIpc) is 3.16. The summed E-state index contributed by atoms with van der Waals surface area (Å²) in [5.41, 5.74) is 5.26. The van der Waals surface area contributed by atoms with E-state index in [1.807, 2.05) is 53.9 Å². The second-order valence-corrected chi connectivity index (χ2v) is 7.88. The van der Waals surface area contributed by atoms with Crippen molar-refractivity contribution in [3.63, 3.8) is 0 Å². The Morgan fingerprint density at radius 1 is 1.26 bits per heavy atom. The van der Waals surface area contributed by atoms with Crippen molar-refractivity contribution in [2.75, 3.05) is 12.9 Å². The number of hydrogen-bond acceptors (Lipinski definition) is 6. The van der Waals surface area contributed by atoms with E-state index in [9.17, 15) is 4.79 Å². The monoisotopic (exact) mass is 417 g/mol. The Labute approximate surface area is 170 Å². The van der Waals surface area contributed by atoms with Crippen LogP contribution in [0.3, 0.4) is 0 Å². The molecule has 2 aromatic carbocycles. The van der Waals surface area contributed by atoms with Crippen LogP contribution in [0.15, 0.2) is 63.4 Å². The van der Waals surface area contributed by atoms with Gasteiger partial charge in [0, 0.05) is 16.0 Å². The fourth-order valence-electron chi connectivity index (χ4n) is 2.11. The van der Waals surface area contributed by atoms with Crippen LogP contribution < -0.4 is 10.2 Å². The van der Waals surface area contributed by atoms with E-state index in [-0.39, 0.29) is 11.7 Å². The molecule has 0 saturated heterocycles. The number of hydrazone groups is 1. The van der Waals surface area contributed by atoms with Gasteiger partial charge < -0.3 is 4.74 Å². The van der Waals surface area contributed by atoms with Crippen molar-refractivity contribution in [1.29, 1.82) is 0 Å². The third-order valence-corrected chi connectivity index (χ3v) is 5.74. The summed E-state index contributed by atoms with van der Waals surface area (Å²) in [5, 5.41) is 6.62. The molecule has 8 heteroatoms. The lowest BCUT2D eigenvalue weighted by molar-refractivity contribution is -0.118. The summed E-state index contributed by atoms with van der Waals surface area (Å²) in [6, 6.07) is 14.9. The summed E-state index contributed by atoms with van der Waals surface area (Å²) in [4.78, 5) is 16.5. The van der Waals surface area contributed by atoms with E-state index in [4.69, 9.17) is 16.3 Å². The number of benzene rings is 2. The van der Waals surface area contributed by atoms with Crippen molar-refractivity contribution in [2.45, 2.75) is 4.34 Å². The lowest BCUT2D eigenvalue weighted by Gasteiger charge is -2.00. The first-order chi connectivity index (χ1) is 13.1. The van der Waals surface area contributed by atoms with Gasteiger partial charge in [-0.3, -0.25) is 4.79 Å². The normalized spacial score (nSPS) is 10.9. The van der Waals surface area contributed by atoms with E-state index in [2.05, 4.69) is 15.5 Å². The predicted octanol–water partition coefficient (Wildman–Crippen LogP) is 4.71. The minimum Gasteiger partial charge on any atom is -0.497 e. The van der Waals surface area contributed by atoms with Crippen LogP contribution in [0.4, 0.5) is 0 Å². The lowest BCUT2D eigenvalue weighted by atomic mass is 10.2. The Morgan fingerprint density at radius 3 is 2.70 bits per heavy atom. The highest BCUT2D eigenvalue weighted by Crippen LogP contribution is 2.28. The van der Waals surface area contributed by atoms with E-state index in [1.54, 1.807) is 13.3 Å². The molecule has 1 N–H and O–H groups in total. The average molecular weight is 418 g/mol. The highest BCUT2D eigenvalue weighted by molar-refractivity contribution is 8.01. The number of carbonyl (C=O) groups is 1. The Morgan fingerprint density at radius 2 is 2.00 bits per heavy atom. The van der Waals surface area contributed by atoms with Gasteiger partial charge >= 0.3 is 0 Å². The molecule has 27 heavy (non-hydrogen) atoms. The van der Waals surface area contributed by atoms with Crippen molar-refractivity contribution < 1.29 is 9.53 Å². The number of hydrogen-bond donors (Lipinski definition) is 1. The number of nitrogens with zero attached hydrogens (tertiary/aromatic N) is 2. The highest BCUT2D eigenvalue weighted by atomic mass is 35.5. The third-order valence-electron chi connectivity index (χ3n) is 3.47. The zero-order valence-corrected chi connectivity index (χ0v) is 16.8. The maximum atomic E-state index is 11.9. The topological polar surface area (TPSA) is 63.6 Å². The molecule has 0 bridgehead atoms. The van der Waals surface area contributed by atoms with E-state index < -0.39 is 0 Å². The molecule has 1 heterocycles. The van der Waals surface area contributed by atoms with Gasteiger partial charge in [0.05, 0.1) is 24.8 Å². The van der Waals surface area contributed by atoms with Gasteiger partial charge in [-0.15, -0.1) is 11.3 Å². The zero-order valence-electron chi connectivity index (χ0n) is 14.4. The number of rotatable bonds is 7. The van der Waals surface area contributed by atoms with Crippen LogP contribution in [0, 0.1) is 0 Å². The summed E-state index contributed by atoms with van der Waals surface area (Å²) in [7, 11) is 1.61. The summed E-state index contributed by atoms with van der Waals surface area (Å²) < 4.78 is 5.92. The Hall–Kier alpha value is -2.35. The van der Waals surface area contributed by atoms with Gasteiger partial charge in [0.2, 0.25) is 0 Å². The number of amides is 1. The SMILES string of the molecule is COc1ccc(/C=N/NC(=O)CSc2nc(-c3ccc(Cl)cc3)cs2)cc1. The molecule has 0 aliphatic heterocycles. The number of thioether (sulfide) groups is 1. The fourth-order valence-corrected chi connectivity index (χ4v) is 3.86. The first kappa shape index (κ1) is 19.4. The Kier molecular flexibility index (Phi) is 6.86. The van der Waals surface area contributed by atoms with Crippen LogP contribution in [-0.2, 0) is 4.79 Å². The number of thiazole rings is 1. The number of ether oxygens (including phenoxy) is 1. The number of methoxy groups -OCH3 is 1. The van der Waals surface area contributed by atoms with Crippen LogP contribution in [0.25, 0.3) is 11.3 Å². The Bertz CT molecular complexity index is 925. The van der Waals surface area contributed by atoms with Crippen molar-refractivity contribution in [1.82, 2.24) is 10.4 Å². The van der Waals surface area contributed by atoms with Gasteiger partial charge in [0.15, 0.2) is 4.34 Å². The van der Waals surface area contributed by atoms with E-state index in [1.165, 1.54) is 23.1 Å².